The van der Waals surface area contributed by atoms with E-state index in [9.17, 15) is 9.59 Å². The molecule has 0 aromatic heterocycles. The first-order chi connectivity index (χ1) is 8.95. The van der Waals surface area contributed by atoms with Crippen molar-refractivity contribution in [1.29, 1.82) is 0 Å². The van der Waals surface area contributed by atoms with E-state index in [1.54, 1.807) is 0 Å². The van der Waals surface area contributed by atoms with Crippen molar-refractivity contribution in [2.45, 2.75) is 25.3 Å². The number of likely N-dealkylation sites (tertiary alicyclic amines) is 1. The van der Waals surface area contributed by atoms with Gasteiger partial charge in [0.15, 0.2) is 5.96 Å². The first-order valence-electron chi connectivity index (χ1n) is 6.10. The minimum atomic E-state index is -1.02. The maximum Gasteiger partial charge on any atom is 0.320 e. The van der Waals surface area contributed by atoms with E-state index in [1.807, 2.05) is 0 Å². The Balaban J connectivity index is 2.37. The number of nitrogens with zero attached hydrogens (tertiary/aromatic N) is 2. The molecule has 108 valence electrons. The van der Waals surface area contributed by atoms with E-state index in [2.05, 4.69) is 20.9 Å². The number of amides is 1. The topological polar surface area (TPSA) is 122 Å². The predicted octanol–water partition coefficient (Wildman–Crippen LogP) is -0.263. The number of aliphatic carboxylic acids is 1. The molecule has 1 fully saturated rings. The zero-order valence-corrected chi connectivity index (χ0v) is 12.2. The molecule has 19 heavy (non-hydrogen) atoms. The summed E-state index contributed by atoms with van der Waals surface area (Å²) in [6, 6.07) is -0.873. The van der Waals surface area contributed by atoms with Crippen LogP contribution in [0.3, 0.4) is 0 Å². The molecular formula is C11H19BrN4O3. The summed E-state index contributed by atoms with van der Waals surface area (Å²) in [5, 5.41) is 9.37. The number of carbonyl (C=O) groups excluding carboxylic acids is 1. The van der Waals surface area contributed by atoms with Crippen LogP contribution in [0.1, 0.15) is 19.3 Å². The Bertz CT molecular complexity index is 375. The molecule has 0 aromatic carbocycles. The van der Waals surface area contributed by atoms with Crippen molar-refractivity contribution < 1.29 is 14.7 Å². The second-order valence-electron chi connectivity index (χ2n) is 4.56. The molecule has 1 saturated heterocycles. The van der Waals surface area contributed by atoms with Crippen molar-refractivity contribution in [3.8, 4) is 0 Å². The number of carboxylic acids is 1. The number of aliphatic imine (C=N–C) groups is 1. The third-order valence-corrected chi connectivity index (χ3v) is 3.88. The Labute approximate surface area is 120 Å². The fraction of sp³-hybridized carbons (Fsp3) is 0.727. The Kier molecular flexibility index (Phi) is 6.23. The van der Waals surface area contributed by atoms with Crippen LogP contribution < -0.4 is 11.5 Å². The lowest BCUT2D eigenvalue weighted by atomic mass is 10.2. The molecule has 1 unspecified atom stereocenters. The lowest BCUT2D eigenvalue weighted by Gasteiger charge is -2.15. The number of carboxylic acid groups (broad SMARTS) is 1. The molecule has 0 saturated carbocycles. The van der Waals surface area contributed by atoms with Crippen molar-refractivity contribution in [3.05, 3.63) is 0 Å². The summed E-state index contributed by atoms with van der Waals surface area (Å²) in [6.45, 7) is 0.948. The van der Waals surface area contributed by atoms with Gasteiger partial charge in [0.05, 0.1) is 0 Å². The third-order valence-electron chi connectivity index (χ3n) is 2.96. The molecule has 1 amide bonds. The van der Waals surface area contributed by atoms with Crippen LogP contribution in [0.5, 0.6) is 0 Å². The van der Waals surface area contributed by atoms with Crippen LogP contribution in [-0.4, -0.2) is 52.3 Å². The highest BCUT2D eigenvalue weighted by molar-refractivity contribution is 9.09. The Hall–Kier alpha value is -1.15. The lowest BCUT2D eigenvalue weighted by molar-refractivity contribution is -0.138. The van der Waals surface area contributed by atoms with Crippen molar-refractivity contribution in [3.63, 3.8) is 0 Å². The van der Waals surface area contributed by atoms with E-state index in [4.69, 9.17) is 16.6 Å². The van der Waals surface area contributed by atoms with E-state index in [0.717, 1.165) is 5.33 Å². The Morgan fingerprint density at radius 3 is 2.84 bits per heavy atom. The van der Waals surface area contributed by atoms with Crippen molar-refractivity contribution in [2.75, 3.05) is 18.4 Å². The Morgan fingerprint density at radius 1 is 1.63 bits per heavy atom. The normalized spacial score (nSPS) is 21.8. The largest absolute Gasteiger partial charge is 0.480 e. The molecule has 7 nitrogen and oxygen atoms in total. The van der Waals surface area contributed by atoms with Crippen LogP contribution in [0.2, 0.25) is 0 Å². The van der Waals surface area contributed by atoms with Crippen LogP contribution in [0, 0.1) is 5.92 Å². The second kappa shape index (κ2) is 7.44. The van der Waals surface area contributed by atoms with Gasteiger partial charge < -0.3 is 16.6 Å². The lowest BCUT2D eigenvalue weighted by Crippen LogP contribution is -2.38. The smallest absolute Gasteiger partial charge is 0.320 e. The van der Waals surface area contributed by atoms with Crippen LogP contribution in [0.4, 0.5) is 0 Å². The molecular weight excluding hydrogens is 316 g/mol. The fourth-order valence-electron chi connectivity index (χ4n) is 1.82. The van der Waals surface area contributed by atoms with Crippen LogP contribution in [-0.2, 0) is 9.59 Å². The molecule has 1 heterocycles. The van der Waals surface area contributed by atoms with Gasteiger partial charge in [0.2, 0.25) is 5.91 Å². The van der Waals surface area contributed by atoms with Gasteiger partial charge in [0, 0.05) is 24.8 Å². The van der Waals surface area contributed by atoms with E-state index >= 15 is 0 Å². The number of halogens is 1. The highest BCUT2D eigenvalue weighted by Crippen LogP contribution is 2.19. The van der Waals surface area contributed by atoms with Crippen molar-refractivity contribution >= 4 is 33.8 Å². The number of carbonyl (C=O) groups is 2. The zero-order valence-electron chi connectivity index (χ0n) is 10.6. The van der Waals surface area contributed by atoms with E-state index in [-0.39, 0.29) is 17.8 Å². The van der Waals surface area contributed by atoms with Gasteiger partial charge in [-0.05, 0) is 18.8 Å². The molecule has 0 bridgehead atoms. The SMILES string of the molecule is NC(=NCCC[C@H](N)C(=O)O)N1CC(CBr)CC1=O. The average Bonchev–Trinajstić information content (AvgIpc) is 2.75. The number of hydrogen-bond acceptors (Lipinski definition) is 4. The van der Waals surface area contributed by atoms with Crippen molar-refractivity contribution in [1.82, 2.24) is 4.90 Å². The van der Waals surface area contributed by atoms with Gasteiger partial charge in [-0.3, -0.25) is 19.5 Å². The van der Waals surface area contributed by atoms with Gasteiger partial charge >= 0.3 is 5.97 Å². The van der Waals surface area contributed by atoms with Gasteiger partial charge in [-0.1, -0.05) is 15.9 Å². The van der Waals surface area contributed by atoms with Gasteiger partial charge in [-0.15, -0.1) is 0 Å². The molecule has 8 heteroatoms. The van der Waals surface area contributed by atoms with Gasteiger partial charge in [0.1, 0.15) is 6.04 Å². The minimum Gasteiger partial charge on any atom is -0.480 e. The molecule has 5 N–H and O–H groups in total. The van der Waals surface area contributed by atoms with E-state index in [0.29, 0.717) is 32.4 Å². The van der Waals surface area contributed by atoms with Crippen LogP contribution >= 0.6 is 15.9 Å². The third kappa shape index (κ3) is 4.79. The summed E-state index contributed by atoms with van der Waals surface area (Å²) in [5.41, 5.74) is 11.1. The van der Waals surface area contributed by atoms with E-state index in [1.165, 1.54) is 4.90 Å². The molecule has 0 aromatic rings. The summed E-state index contributed by atoms with van der Waals surface area (Å²) in [4.78, 5) is 27.7. The predicted molar refractivity (Wildman–Crippen MR) is 74.9 cm³/mol. The summed E-state index contributed by atoms with van der Waals surface area (Å²) in [5.74, 6) is -0.571. The summed E-state index contributed by atoms with van der Waals surface area (Å²) < 4.78 is 0. The highest BCUT2D eigenvalue weighted by Gasteiger charge is 2.30. The monoisotopic (exact) mass is 334 g/mol. The zero-order chi connectivity index (χ0) is 14.4. The van der Waals surface area contributed by atoms with Crippen LogP contribution in [0.15, 0.2) is 4.99 Å². The highest BCUT2D eigenvalue weighted by atomic mass is 79.9. The first kappa shape index (κ1) is 15.9. The molecule has 0 radical (unpaired) electrons. The standard InChI is InChI=1S/C11H19BrN4O3/c12-5-7-4-9(17)16(6-7)11(14)15-3-1-2-8(13)10(18)19/h7-8H,1-6,13H2,(H2,14,15)(H,18,19)/t7?,8-/m0/s1. The first-order valence-corrected chi connectivity index (χ1v) is 7.22. The second-order valence-corrected chi connectivity index (χ2v) is 5.20. The minimum absolute atomic E-state index is 0.0204. The summed E-state index contributed by atoms with van der Waals surface area (Å²) >= 11 is 3.34. The average molecular weight is 335 g/mol. The molecule has 1 rings (SSSR count). The molecule has 2 atom stereocenters. The number of guanidine groups is 1. The van der Waals surface area contributed by atoms with Gasteiger partial charge in [-0.2, -0.15) is 0 Å². The quantitative estimate of drug-likeness (QED) is 0.267. The number of hydrogen-bond donors (Lipinski definition) is 3. The molecule has 0 aliphatic carbocycles. The van der Waals surface area contributed by atoms with Crippen molar-refractivity contribution in [2.24, 2.45) is 22.4 Å². The van der Waals surface area contributed by atoms with Gasteiger partial charge in [-0.25, -0.2) is 0 Å². The van der Waals surface area contributed by atoms with E-state index < -0.39 is 12.0 Å². The fourth-order valence-corrected chi connectivity index (χ4v) is 2.25. The number of alkyl halides is 1. The molecule has 0 spiro atoms. The maximum absolute atomic E-state index is 11.7. The molecule has 1 aliphatic rings. The Morgan fingerprint density at radius 2 is 2.32 bits per heavy atom. The summed E-state index contributed by atoms with van der Waals surface area (Å²) in [6.07, 6.45) is 1.34. The number of rotatable bonds is 6. The van der Waals surface area contributed by atoms with Crippen LogP contribution in [0.25, 0.3) is 0 Å². The number of nitrogens with two attached hydrogens (primary N) is 2. The maximum atomic E-state index is 11.7. The summed E-state index contributed by atoms with van der Waals surface area (Å²) in [7, 11) is 0. The van der Waals surface area contributed by atoms with Gasteiger partial charge in [0.25, 0.3) is 0 Å². The molecule has 1 aliphatic heterocycles.